The number of unbranched alkanes of at least 4 members (excludes halogenated alkanes) is 1. The van der Waals surface area contributed by atoms with Crippen LogP contribution in [0.4, 0.5) is 0 Å². The molecule has 2 amide bonds. The third-order valence-electron chi connectivity index (χ3n) is 6.58. The number of nitrogens with two attached hydrogens (primary N) is 1. The highest BCUT2D eigenvalue weighted by molar-refractivity contribution is 6.30. The van der Waals surface area contributed by atoms with Crippen molar-refractivity contribution in [3.05, 3.63) is 29.3 Å². The van der Waals surface area contributed by atoms with Crippen molar-refractivity contribution in [2.75, 3.05) is 59.5 Å². The molecule has 1 aromatic rings. The van der Waals surface area contributed by atoms with Crippen molar-refractivity contribution in [2.45, 2.75) is 38.5 Å². The quantitative estimate of drug-likeness (QED) is 0.568. The molecule has 8 heteroatoms. The van der Waals surface area contributed by atoms with Gasteiger partial charge in [-0.25, -0.2) is 0 Å². The molecule has 1 unspecified atom stereocenters. The zero-order valence-corrected chi connectivity index (χ0v) is 20.0. The number of amides is 2. The fourth-order valence-corrected chi connectivity index (χ4v) is 4.77. The minimum absolute atomic E-state index is 0.150. The number of hydrogen-bond acceptors (Lipinski definition) is 5. The summed E-state index contributed by atoms with van der Waals surface area (Å²) in [5.74, 6) is 0.998. The van der Waals surface area contributed by atoms with Gasteiger partial charge in [0.25, 0.3) is 0 Å². The summed E-state index contributed by atoms with van der Waals surface area (Å²) in [7, 11) is 2.08. The standard InChI is InChI=1S/C24H37ClN4O3/c1-27-12-14-28(15-13-27)23(31)17-24(19-32-21-7-4-6-20(25)16-21)9-5-11-29(18-24)22(30)8-2-3-10-26/h4,6-7,16H,2-3,5,8-15,17-19,26H2,1H3. The highest BCUT2D eigenvalue weighted by Gasteiger charge is 2.41. The number of carbonyl (C=O) groups is 2. The second-order valence-corrected chi connectivity index (χ2v) is 9.71. The number of likely N-dealkylation sites (N-methyl/N-ethyl adjacent to an activating group) is 1. The molecule has 0 bridgehead atoms. The smallest absolute Gasteiger partial charge is 0.223 e. The van der Waals surface area contributed by atoms with Gasteiger partial charge in [0.2, 0.25) is 11.8 Å². The first-order valence-corrected chi connectivity index (χ1v) is 12.1. The maximum atomic E-state index is 13.2. The topological polar surface area (TPSA) is 79.1 Å². The van der Waals surface area contributed by atoms with Gasteiger partial charge in [-0.15, -0.1) is 0 Å². The van der Waals surface area contributed by atoms with Crippen molar-refractivity contribution in [1.82, 2.24) is 14.7 Å². The van der Waals surface area contributed by atoms with E-state index in [1.807, 2.05) is 28.0 Å². The van der Waals surface area contributed by atoms with Crippen LogP contribution < -0.4 is 10.5 Å². The zero-order chi connectivity index (χ0) is 23.0. The molecule has 0 spiro atoms. The van der Waals surface area contributed by atoms with Gasteiger partial charge < -0.3 is 25.2 Å². The number of benzene rings is 1. The number of rotatable bonds is 9. The molecule has 2 fully saturated rings. The summed E-state index contributed by atoms with van der Waals surface area (Å²) in [6.45, 7) is 5.57. The Labute approximate surface area is 196 Å². The Morgan fingerprint density at radius 1 is 1.09 bits per heavy atom. The lowest BCUT2D eigenvalue weighted by molar-refractivity contribution is -0.142. The largest absolute Gasteiger partial charge is 0.493 e. The van der Waals surface area contributed by atoms with Crippen LogP contribution in [0.1, 0.15) is 38.5 Å². The first-order valence-electron chi connectivity index (χ1n) is 11.7. The van der Waals surface area contributed by atoms with Crippen LogP contribution in [0, 0.1) is 5.41 Å². The summed E-state index contributed by atoms with van der Waals surface area (Å²) in [5.41, 5.74) is 5.18. The summed E-state index contributed by atoms with van der Waals surface area (Å²) in [6.07, 6.45) is 4.29. The average molecular weight is 465 g/mol. The van der Waals surface area contributed by atoms with Gasteiger partial charge in [-0.2, -0.15) is 0 Å². The molecule has 0 saturated carbocycles. The summed E-state index contributed by atoms with van der Waals surface area (Å²) in [6, 6.07) is 7.33. The van der Waals surface area contributed by atoms with E-state index in [2.05, 4.69) is 11.9 Å². The fraction of sp³-hybridized carbons (Fsp3) is 0.667. The van der Waals surface area contributed by atoms with E-state index < -0.39 is 5.41 Å². The van der Waals surface area contributed by atoms with Crippen molar-refractivity contribution >= 4 is 23.4 Å². The molecule has 178 valence electrons. The van der Waals surface area contributed by atoms with Crippen LogP contribution in [-0.4, -0.2) is 86.0 Å². The second kappa shape index (κ2) is 11.9. The number of hydrogen-bond donors (Lipinski definition) is 1. The molecule has 3 rings (SSSR count). The van der Waals surface area contributed by atoms with Crippen molar-refractivity contribution in [2.24, 2.45) is 11.1 Å². The maximum Gasteiger partial charge on any atom is 0.223 e. The summed E-state index contributed by atoms with van der Waals surface area (Å²) in [5, 5.41) is 0.616. The van der Waals surface area contributed by atoms with Crippen molar-refractivity contribution in [3.63, 3.8) is 0 Å². The Bertz CT molecular complexity index is 769. The number of halogens is 1. The van der Waals surface area contributed by atoms with Gasteiger partial charge in [0.15, 0.2) is 0 Å². The lowest BCUT2D eigenvalue weighted by atomic mass is 9.77. The van der Waals surface area contributed by atoms with E-state index in [9.17, 15) is 9.59 Å². The molecular weight excluding hydrogens is 428 g/mol. The van der Waals surface area contributed by atoms with Gasteiger partial charge in [0.1, 0.15) is 5.75 Å². The summed E-state index contributed by atoms with van der Waals surface area (Å²) >= 11 is 6.12. The molecule has 32 heavy (non-hydrogen) atoms. The van der Waals surface area contributed by atoms with Crippen molar-refractivity contribution in [3.8, 4) is 5.75 Å². The molecule has 2 aliphatic heterocycles. The lowest BCUT2D eigenvalue weighted by Gasteiger charge is -2.43. The molecular formula is C24H37ClN4O3. The van der Waals surface area contributed by atoms with Crippen LogP contribution in [0.3, 0.4) is 0 Å². The number of nitrogens with zero attached hydrogens (tertiary/aromatic N) is 3. The van der Waals surface area contributed by atoms with E-state index >= 15 is 0 Å². The average Bonchev–Trinajstić information content (AvgIpc) is 2.78. The second-order valence-electron chi connectivity index (χ2n) is 9.27. The van der Waals surface area contributed by atoms with E-state index in [1.165, 1.54) is 0 Å². The van der Waals surface area contributed by atoms with E-state index in [4.69, 9.17) is 22.1 Å². The van der Waals surface area contributed by atoms with Crippen LogP contribution in [0.15, 0.2) is 24.3 Å². The van der Waals surface area contributed by atoms with Crippen LogP contribution in [0.5, 0.6) is 5.75 Å². The maximum absolute atomic E-state index is 13.2. The molecule has 0 aliphatic carbocycles. The van der Waals surface area contributed by atoms with Gasteiger partial charge in [-0.1, -0.05) is 17.7 Å². The number of piperazine rings is 1. The Morgan fingerprint density at radius 3 is 2.59 bits per heavy atom. The van der Waals surface area contributed by atoms with Gasteiger partial charge >= 0.3 is 0 Å². The van der Waals surface area contributed by atoms with Gasteiger partial charge in [0.05, 0.1) is 6.61 Å². The zero-order valence-electron chi connectivity index (χ0n) is 19.2. The minimum atomic E-state index is -0.398. The molecule has 0 radical (unpaired) electrons. The molecule has 0 aromatic heterocycles. The minimum Gasteiger partial charge on any atom is -0.493 e. The predicted octanol–water partition coefficient (Wildman–Crippen LogP) is 2.62. The van der Waals surface area contributed by atoms with Crippen LogP contribution in [0.2, 0.25) is 5.02 Å². The first-order chi connectivity index (χ1) is 15.4. The molecule has 2 heterocycles. The van der Waals surface area contributed by atoms with Crippen molar-refractivity contribution < 1.29 is 14.3 Å². The lowest BCUT2D eigenvalue weighted by Crippen LogP contribution is -2.53. The molecule has 7 nitrogen and oxygen atoms in total. The highest BCUT2D eigenvalue weighted by atomic mass is 35.5. The van der Waals surface area contributed by atoms with Crippen LogP contribution in [0.25, 0.3) is 0 Å². The number of ether oxygens (including phenoxy) is 1. The number of carbonyl (C=O) groups excluding carboxylic acids is 2. The summed E-state index contributed by atoms with van der Waals surface area (Å²) in [4.78, 5) is 32.2. The monoisotopic (exact) mass is 464 g/mol. The molecule has 1 atom stereocenters. The van der Waals surface area contributed by atoms with Crippen molar-refractivity contribution in [1.29, 1.82) is 0 Å². The van der Waals surface area contributed by atoms with Crippen LogP contribution in [-0.2, 0) is 9.59 Å². The van der Waals surface area contributed by atoms with Gasteiger partial charge in [-0.05, 0) is 57.5 Å². The molecule has 2 saturated heterocycles. The van der Waals surface area contributed by atoms with E-state index in [-0.39, 0.29) is 11.8 Å². The third kappa shape index (κ3) is 7.09. The van der Waals surface area contributed by atoms with E-state index in [1.54, 1.807) is 6.07 Å². The Balaban J connectivity index is 1.70. The van der Waals surface area contributed by atoms with E-state index in [0.29, 0.717) is 43.3 Å². The Hall–Kier alpha value is -1.83. The molecule has 1 aromatic carbocycles. The Morgan fingerprint density at radius 2 is 1.88 bits per heavy atom. The number of piperidine rings is 1. The van der Waals surface area contributed by atoms with Gasteiger partial charge in [-0.3, -0.25) is 9.59 Å². The molecule has 2 N–H and O–H groups in total. The summed E-state index contributed by atoms with van der Waals surface area (Å²) < 4.78 is 6.14. The normalized spacial score (nSPS) is 22.1. The predicted molar refractivity (Wildman–Crippen MR) is 127 cm³/mol. The van der Waals surface area contributed by atoms with Crippen LogP contribution >= 0.6 is 11.6 Å². The Kier molecular flexibility index (Phi) is 9.20. The molecule has 2 aliphatic rings. The number of likely N-dealkylation sites (tertiary alicyclic amines) is 1. The first kappa shape index (κ1) is 24.8. The van der Waals surface area contributed by atoms with E-state index in [0.717, 1.165) is 58.4 Å². The fourth-order valence-electron chi connectivity index (χ4n) is 4.59. The SMILES string of the molecule is CN1CCN(C(=O)CC2(COc3cccc(Cl)c3)CCCN(C(=O)CCCCN)C2)CC1. The third-order valence-corrected chi connectivity index (χ3v) is 6.82. The highest BCUT2D eigenvalue weighted by Crippen LogP contribution is 2.36. The van der Waals surface area contributed by atoms with Gasteiger partial charge in [0, 0.05) is 62.5 Å².